The predicted octanol–water partition coefficient (Wildman–Crippen LogP) is 5.39. The van der Waals surface area contributed by atoms with Gasteiger partial charge in [0.1, 0.15) is 11.5 Å². The average molecular weight is 421 g/mol. The Morgan fingerprint density at radius 3 is 2.56 bits per heavy atom. The van der Waals surface area contributed by atoms with Crippen molar-refractivity contribution < 1.29 is 14.3 Å². The molecule has 5 nitrogen and oxygen atoms in total. The first-order valence-corrected chi connectivity index (χ1v) is 8.97. The van der Waals surface area contributed by atoms with E-state index in [2.05, 4.69) is 10.6 Å². The molecule has 3 aromatic rings. The number of phenols is 1. The summed E-state index contributed by atoms with van der Waals surface area (Å²) < 4.78 is 5.57. The number of anilines is 1. The average Bonchev–Trinajstić information content (AvgIpc) is 3.10. The molecule has 1 amide bonds. The van der Waals surface area contributed by atoms with E-state index in [1.54, 1.807) is 36.4 Å². The van der Waals surface area contributed by atoms with E-state index in [0.29, 0.717) is 27.1 Å². The van der Waals surface area contributed by atoms with E-state index in [0.717, 1.165) is 5.56 Å². The Kier molecular flexibility index (Phi) is 5.70. The van der Waals surface area contributed by atoms with Crippen LogP contribution in [0.15, 0.2) is 52.9 Å². The number of rotatable bonds is 3. The lowest BCUT2D eigenvalue weighted by Crippen LogP contribution is -2.33. The highest BCUT2D eigenvalue weighted by Crippen LogP contribution is 2.29. The number of amides is 1. The van der Waals surface area contributed by atoms with Crippen molar-refractivity contribution in [3.05, 3.63) is 69.9 Å². The van der Waals surface area contributed by atoms with Crippen molar-refractivity contribution in [1.82, 2.24) is 5.32 Å². The summed E-state index contributed by atoms with van der Waals surface area (Å²) in [7, 11) is 0. The lowest BCUT2D eigenvalue weighted by Gasteiger charge is -2.10. The van der Waals surface area contributed by atoms with E-state index in [-0.39, 0.29) is 16.6 Å². The van der Waals surface area contributed by atoms with E-state index >= 15 is 0 Å². The SMILES string of the molecule is Cc1ccc(NC(=S)NC(=O)c2ccc(-c3ccc(Cl)c(Cl)c3)o2)c(O)c1. The van der Waals surface area contributed by atoms with Gasteiger partial charge in [-0.2, -0.15) is 0 Å². The van der Waals surface area contributed by atoms with Gasteiger partial charge < -0.3 is 14.8 Å². The molecule has 3 rings (SSSR count). The van der Waals surface area contributed by atoms with Crippen LogP contribution in [-0.2, 0) is 0 Å². The highest BCUT2D eigenvalue weighted by Gasteiger charge is 2.15. The van der Waals surface area contributed by atoms with Crippen molar-refractivity contribution in [2.24, 2.45) is 0 Å². The molecule has 0 aliphatic carbocycles. The van der Waals surface area contributed by atoms with Gasteiger partial charge in [-0.1, -0.05) is 29.3 Å². The Bertz CT molecular complexity index is 1030. The summed E-state index contributed by atoms with van der Waals surface area (Å²) in [6, 6.07) is 13.3. The summed E-state index contributed by atoms with van der Waals surface area (Å²) in [5.74, 6) is 0.0547. The first-order valence-electron chi connectivity index (χ1n) is 7.80. The molecule has 27 heavy (non-hydrogen) atoms. The fraction of sp³-hybridized carbons (Fsp3) is 0.0526. The number of nitrogens with one attached hydrogen (secondary N) is 2. The molecule has 0 saturated heterocycles. The number of aromatic hydroxyl groups is 1. The summed E-state index contributed by atoms with van der Waals surface area (Å²) in [5, 5.41) is 16.0. The number of furan rings is 1. The Morgan fingerprint density at radius 2 is 1.85 bits per heavy atom. The molecule has 0 spiro atoms. The molecule has 2 aromatic carbocycles. The van der Waals surface area contributed by atoms with Crippen molar-refractivity contribution in [1.29, 1.82) is 0 Å². The summed E-state index contributed by atoms with van der Waals surface area (Å²) in [6.45, 7) is 1.85. The molecule has 0 bridgehead atoms. The van der Waals surface area contributed by atoms with Gasteiger partial charge >= 0.3 is 0 Å². The first kappa shape index (κ1) is 19.2. The third-order valence-corrected chi connectivity index (χ3v) is 4.61. The van der Waals surface area contributed by atoms with E-state index < -0.39 is 5.91 Å². The van der Waals surface area contributed by atoms with Crippen molar-refractivity contribution in [3.63, 3.8) is 0 Å². The van der Waals surface area contributed by atoms with Gasteiger partial charge in [0.2, 0.25) is 0 Å². The minimum absolute atomic E-state index is 0.0338. The van der Waals surface area contributed by atoms with Crippen LogP contribution in [0.3, 0.4) is 0 Å². The van der Waals surface area contributed by atoms with Gasteiger partial charge in [0, 0.05) is 5.56 Å². The third-order valence-electron chi connectivity index (χ3n) is 3.66. The van der Waals surface area contributed by atoms with E-state index in [1.807, 2.05) is 13.0 Å². The maximum Gasteiger partial charge on any atom is 0.293 e. The molecule has 0 aliphatic heterocycles. The van der Waals surface area contributed by atoms with E-state index in [4.69, 9.17) is 39.8 Å². The summed E-state index contributed by atoms with van der Waals surface area (Å²) in [4.78, 5) is 12.3. The number of hydrogen-bond donors (Lipinski definition) is 3. The Hall–Kier alpha value is -2.54. The van der Waals surface area contributed by atoms with Gasteiger partial charge in [-0.25, -0.2) is 0 Å². The molecule has 0 fully saturated rings. The zero-order valence-electron chi connectivity index (χ0n) is 14.0. The second-order valence-electron chi connectivity index (χ2n) is 5.72. The quantitative estimate of drug-likeness (QED) is 0.390. The highest BCUT2D eigenvalue weighted by molar-refractivity contribution is 7.80. The zero-order valence-corrected chi connectivity index (χ0v) is 16.4. The van der Waals surface area contributed by atoms with Gasteiger partial charge in [0.15, 0.2) is 10.9 Å². The molecule has 0 radical (unpaired) electrons. The summed E-state index contributed by atoms with van der Waals surface area (Å²) >= 11 is 17.0. The number of halogens is 2. The lowest BCUT2D eigenvalue weighted by atomic mass is 10.2. The largest absolute Gasteiger partial charge is 0.506 e. The van der Waals surface area contributed by atoms with Gasteiger partial charge in [0.05, 0.1) is 15.7 Å². The Labute approximate surface area is 170 Å². The first-order chi connectivity index (χ1) is 12.8. The maximum absolute atomic E-state index is 12.3. The minimum atomic E-state index is -0.523. The predicted molar refractivity (Wildman–Crippen MR) is 111 cm³/mol. The van der Waals surface area contributed by atoms with Crippen LogP contribution in [0.25, 0.3) is 11.3 Å². The van der Waals surface area contributed by atoms with Crippen LogP contribution in [0.2, 0.25) is 10.0 Å². The molecular formula is C19H14Cl2N2O3S. The highest BCUT2D eigenvalue weighted by atomic mass is 35.5. The fourth-order valence-corrected chi connectivity index (χ4v) is 2.83. The van der Waals surface area contributed by atoms with Crippen LogP contribution in [0.4, 0.5) is 5.69 Å². The monoisotopic (exact) mass is 420 g/mol. The molecule has 138 valence electrons. The van der Waals surface area contributed by atoms with Crippen LogP contribution in [0.5, 0.6) is 5.75 Å². The van der Waals surface area contributed by atoms with Crippen LogP contribution in [0, 0.1) is 6.92 Å². The molecule has 1 heterocycles. The standard InChI is InChI=1S/C19H14Cl2N2O3S/c1-10-2-5-14(15(24)8-10)22-19(27)23-18(25)17-7-6-16(26-17)11-3-4-12(20)13(21)9-11/h2-9,24H,1H3,(H2,22,23,25,27). The summed E-state index contributed by atoms with van der Waals surface area (Å²) in [5.41, 5.74) is 1.98. The minimum Gasteiger partial charge on any atom is -0.506 e. The van der Waals surface area contributed by atoms with Crippen molar-refractivity contribution >= 4 is 52.1 Å². The molecule has 0 unspecified atom stereocenters. The van der Waals surface area contributed by atoms with E-state index in [9.17, 15) is 9.90 Å². The number of thiocarbonyl (C=S) groups is 1. The lowest BCUT2D eigenvalue weighted by molar-refractivity contribution is 0.0951. The van der Waals surface area contributed by atoms with Crippen molar-refractivity contribution in [2.45, 2.75) is 6.92 Å². The molecule has 8 heteroatoms. The van der Waals surface area contributed by atoms with Crippen LogP contribution in [-0.4, -0.2) is 16.1 Å². The molecule has 0 aliphatic rings. The second kappa shape index (κ2) is 8.00. The van der Waals surface area contributed by atoms with E-state index in [1.165, 1.54) is 6.07 Å². The van der Waals surface area contributed by atoms with Gasteiger partial charge in [-0.3, -0.25) is 10.1 Å². The fourth-order valence-electron chi connectivity index (χ4n) is 2.33. The number of carbonyl (C=O) groups is 1. The van der Waals surface area contributed by atoms with Crippen LogP contribution in [0.1, 0.15) is 16.1 Å². The third kappa shape index (κ3) is 4.60. The second-order valence-corrected chi connectivity index (χ2v) is 6.94. The molecular weight excluding hydrogens is 407 g/mol. The molecule has 1 aromatic heterocycles. The number of aryl methyl sites for hydroxylation is 1. The van der Waals surface area contributed by atoms with Crippen molar-refractivity contribution in [3.8, 4) is 17.1 Å². The molecule has 0 atom stereocenters. The normalized spacial score (nSPS) is 10.5. The Morgan fingerprint density at radius 1 is 1.07 bits per heavy atom. The van der Waals surface area contributed by atoms with Gasteiger partial charge in [-0.15, -0.1) is 0 Å². The maximum atomic E-state index is 12.3. The number of carbonyl (C=O) groups excluding carboxylic acids is 1. The van der Waals surface area contributed by atoms with Gasteiger partial charge in [-0.05, 0) is 67.2 Å². The Balaban J connectivity index is 1.68. The van der Waals surface area contributed by atoms with Crippen LogP contribution < -0.4 is 10.6 Å². The van der Waals surface area contributed by atoms with Gasteiger partial charge in [0.25, 0.3) is 5.91 Å². The number of benzene rings is 2. The molecule has 0 saturated carbocycles. The van der Waals surface area contributed by atoms with Crippen LogP contribution >= 0.6 is 35.4 Å². The summed E-state index contributed by atoms with van der Waals surface area (Å²) in [6.07, 6.45) is 0. The van der Waals surface area contributed by atoms with Crippen molar-refractivity contribution in [2.75, 3.05) is 5.32 Å². The molecule has 3 N–H and O–H groups in total. The number of phenolic OH excluding ortho intramolecular Hbond substituents is 1. The zero-order chi connectivity index (χ0) is 19.6. The smallest absolute Gasteiger partial charge is 0.293 e. The topological polar surface area (TPSA) is 74.5 Å². The number of hydrogen-bond acceptors (Lipinski definition) is 4.